The lowest BCUT2D eigenvalue weighted by atomic mass is 10.2. The molecule has 1 saturated heterocycles. The quantitative estimate of drug-likeness (QED) is 0.837. The molecule has 1 aliphatic heterocycles. The maximum atomic E-state index is 12.2. The number of benzene rings is 1. The van der Waals surface area contributed by atoms with Crippen molar-refractivity contribution < 1.29 is 9.53 Å². The van der Waals surface area contributed by atoms with Gasteiger partial charge in [-0.05, 0) is 55.9 Å². The third kappa shape index (κ3) is 4.36. The van der Waals surface area contributed by atoms with Crippen LogP contribution >= 0.6 is 11.3 Å². The van der Waals surface area contributed by atoms with E-state index >= 15 is 0 Å². The number of ether oxygens (including phenoxy) is 1. The van der Waals surface area contributed by atoms with Gasteiger partial charge in [0.25, 0.3) is 5.91 Å². The largest absolute Gasteiger partial charge is 0.484 e. The van der Waals surface area contributed by atoms with Crippen LogP contribution in [0, 0.1) is 6.92 Å². The van der Waals surface area contributed by atoms with Crippen LogP contribution in [0.15, 0.2) is 41.8 Å². The third-order valence-electron chi connectivity index (χ3n) is 4.40. The van der Waals surface area contributed by atoms with Crippen LogP contribution in [0.5, 0.6) is 5.75 Å². The van der Waals surface area contributed by atoms with Crippen molar-refractivity contribution in [1.82, 2.24) is 10.2 Å². The van der Waals surface area contributed by atoms with Gasteiger partial charge in [-0.3, -0.25) is 9.69 Å². The zero-order valence-corrected chi connectivity index (χ0v) is 14.8. The van der Waals surface area contributed by atoms with Crippen LogP contribution in [-0.4, -0.2) is 37.0 Å². The summed E-state index contributed by atoms with van der Waals surface area (Å²) in [6, 6.07) is 12.3. The van der Waals surface area contributed by atoms with Crippen molar-refractivity contribution >= 4 is 17.2 Å². The molecule has 5 heteroatoms. The Morgan fingerprint density at radius 2 is 2.04 bits per heavy atom. The van der Waals surface area contributed by atoms with Gasteiger partial charge < -0.3 is 10.1 Å². The Bertz CT molecular complexity index is 651. The zero-order chi connectivity index (χ0) is 16.8. The Labute approximate surface area is 147 Å². The van der Waals surface area contributed by atoms with Crippen molar-refractivity contribution in [2.45, 2.75) is 25.8 Å². The summed E-state index contributed by atoms with van der Waals surface area (Å²) in [5, 5.41) is 5.14. The summed E-state index contributed by atoms with van der Waals surface area (Å²) in [5.41, 5.74) is 1.04. The predicted octanol–water partition coefficient (Wildman–Crippen LogP) is 3.39. The third-order valence-corrected chi connectivity index (χ3v) is 5.37. The van der Waals surface area contributed by atoms with Crippen molar-refractivity contribution in [3.63, 3.8) is 0 Å². The average Bonchev–Trinajstić information content (AvgIpc) is 3.28. The van der Waals surface area contributed by atoms with Gasteiger partial charge in [-0.15, -0.1) is 11.3 Å². The van der Waals surface area contributed by atoms with Crippen molar-refractivity contribution in [1.29, 1.82) is 0 Å². The van der Waals surface area contributed by atoms with Crippen LogP contribution in [-0.2, 0) is 4.79 Å². The monoisotopic (exact) mass is 344 g/mol. The number of rotatable bonds is 7. The van der Waals surface area contributed by atoms with Crippen LogP contribution in [0.3, 0.4) is 0 Å². The number of carbonyl (C=O) groups is 1. The summed E-state index contributed by atoms with van der Waals surface area (Å²) in [7, 11) is 0. The molecule has 1 fully saturated rings. The van der Waals surface area contributed by atoms with Gasteiger partial charge in [0.15, 0.2) is 6.61 Å². The number of nitrogens with zero attached hydrogens (tertiary/aromatic N) is 1. The van der Waals surface area contributed by atoms with E-state index < -0.39 is 0 Å². The van der Waals surface area contributed by atoms with Crippen LogP contribution in [0.1, 0.15) is 29.3 Å². The van der Waals surface area contributed by atoms with E-state index in [0.29, 0.717) is 6.54 Å². The number of amides is 1. The second-order valence-electron chi connectivity index (χ2n) is 6.13. The van der Waals surface area contributed by atoms with Gasteiger partial charge in [0.1, 0.15) is 5.75 Å². The molecular formula is C19H24N2O2S. The van der Waals surface area contributed by atoms with Crippen LogP contribution in [0.4, 0.5) is 0 Å². The van der Waals surface area contributed by atoms with Crippen LogP contribution < -0.4 is 10.1 Å². The molecule has 1 atom stereocenters. The highest BCUT2D eigenvalue weighted by Gasteiger charge is 2.24. The number of hydrogen-bond donors (Lipinski definition) is 1. The first-order valence-electron chi connectivity index (χ1n) is 8.46. The maximum absolute atomic E-state index is 12.2. The second-order valence-corrected chi connectivity index (χ2v) is 7.11. The molecule has 128 valence electrons. The summed E-state index contributed by atoms with van der Waals surface area (Å²) in [5.74, 6) is 0.695. The van der Waals surface area contributed by atoms with Crippen LogP contribution in [0.25, 0.3) is 0 Å². The van der Waals surface area contributed by atoms with Gasteiger partial charge in [0.2, 0.25) is 0 Å². The van der Waals surface area contributed by atoms with E-state index in [1.165, 1.54) is 17.7 Å². The Hall–Kier alpha value is -1.85. The number of aryl methyl sites for hydroxylation is 1. The Morgan fingerprint density at radius 1 is 1.25 bits per heavy atom. The molecule has 3 rings (SSSR count). The van der Waals surface area contributed by atoms with E-state index in [2.05, 4.69) is 27.7 Å². The predicted molar refractivity (Wildman–Crippen MR) is 97.6 cm³/mol. The molecule has 0 radical (unpaired) electrons. The molecular weight excluding hydrogens is 320 g/mol. The molecule has 24 heavy (non-hydrogen) atoms. The van der Waals surface area contributed by atoms with E-state index in [1.807, 2.05) is 31.2 Å². The molecule has 0 saturated carbocycles. The van der Waals surface area contributed by atoms with Gasteiger partial charge >= 0.3 is 0 Å². The normalized spacial score (nSPS) is 16.0. The van der Waals surface area contributed by atoms with E-state index in [0.717, 1.165) is 24.4 Å². The number of nitrogens with one attached hydrogen (secondary N) is 1. The Balaban J connectivity index is 1.52. The standard InChI is InChI=1S/C19H24N2O2S/c1-15-7-2-3-8-17(15)23-14-19(22)20-13-16(18-9-6-12-24-18)21-10-4-5-11-21/h2-3,6-9,12,16H,4-5,10-11,13-14H2,1H3,(H,20,22)/t16-/m0/s1. The van der Waals surface area contributed by atoms with Gasteiger partial charge in [0.05, 0.1) is 6.04 Å². The summed E-state index contributed by atoms with van der Waals surface area (Å²) in [6.07, 6.45) is 2.48. The van der Waals surface area contributed by atoms with Gasteiger partial charge in [-0.1, -0.05) is 24.3 Å². The highest BCUT2D eigenvalue weighted by atomic mass is 32.1. The highest BCUT2D eigenvalue weighted by Crippen LogP contribution is 2.27. The summed E-state index contributed by atoms with van der Waals surface area (Å²) >= 11 is 1.76. The summed E-state index contributed by atoms with van der Waals surface area (Å²) in [4.78, 5) is 15.9. The molecule has 1 N–H and O–H groups in total. The lowest BCUT2D eigenvalue weighted by molar-refractivity contribution is -0.123. The van der Waals surface area contributed by atoms with E-state index in [1.54, 1.807) is 11.3 Å². The Morgan fingerprint density at radius 3 is 2.75 bits per heavy atom. The zero-order valence-electron chi connectivity index (χ0n) is 14.0. The topological polar surface area (TPSA) is 41.6 Å². The molecule has 1 aromatic carbocycles. The molecule has 1 aliphatic rings. The van der Waals surface area contributed by atoms with Crippen LogP contribution in [0.2, 0.25) is 0 Å². The number of para-hydroxylation sites is 1. The van der Waals surface area contributed by atoms with E-state index in [-0.39, 0.29) is 18.6 Å². The minimum atomic E-state index is -0.0704. The molecule has 0 bridgehead atoms. The van der Waals surface area contributed by atoms with E-state index in [4.69, 9.17) is 4.74 Å². The molecule has 2 heterocycles. The molecule has 0 aliphatic carbocycles. The first-order valence-corrected chi connectivity index (χ1v) is 9.34. The lowest BCUT2D eigenvalue weighted by Gasteiger charge is -2.26. The molecule has 1 aromatic heterocycles. The first-order chi connectivity index (χ1) is 11.7. The lowest BCUT2D eigenvalue weighted by Crippen LogP contribution is -2.38. The van der Waals surface area contributed by atoms with Crippen molar-refractivity contribution in [2.75, 3.05) is 26.2 Å². The molecule has 2 aromatic rings. The average molecular weight is 344 g/mol. The van der Waals surface area contributed by atoms with E-state index in [9.17, 15) is 4.79 Å². The smallest absolute Gasteiger partial charge is 0.258 e. The first kappa shape index (κ1) is 17.0. The summed E-state index contributed by atoms with van der Waals surface area (Å²) in [6.45, 7) is 4.89. The number of likely N-dealkylation sites (tertiary alicyclic amines) is 1. The SMILES string of the molecule is Cc1ccccc1OCC(=O)NC[C@@H](c1cccs1)N1CCCC1. The summed E-state index contributed by atoms with van der Waals surface area (Å²) < 4.78 is 5.62. The molecule has 4 nitrogen and oxygen atoms in total. The van der Waals surface area contributed by atoms with Crippen molar-refractivity contribution in [3.05, 3.63) is 52.2 Å². The number of hydrogen-bond acceptors (Lipinski definition) is 4. The maximum Gasteiger partial charge on any atom is 0.258 e. The molecule has 1 amide bonds. The fraction of sp³-hybridized carbons (Fsp3) is 0.421. The highest BCUT2D eigenvalue weighted by molar-refractivity contribution is 7.10. The molecule has 0 spiro atoms. The minimum absolute atomic E-state index is 0.0576. The Kier molecular flexibility index (Phi) is 5.88. The number of thiophene rings is 1. The van der Waals surface area contributed by atoms with Gasteiger partial charge in [0, 0.05) is 11.4 Å². The van der Waals surface area contributed by atoms with Gasteiger partial charge in [-0.25, -0.2) is 0 Å². The fourth-order valence-corrected chi connectivity index (χ4v) is 3.93. The number of carbonyl (C=O) groups excluding carboxylic acids is 1. The van der Waals surface area contributed by atoms with Crippen molar-refractivity contribution in [2.24, 2.45) is 0 Å². The fourth-order valence-electron chi connectivity index (χ4n) is 3.07. The minimum Gasteiger partial charge on any atom is -0.484 e. The van der Waals surface area contributed by atoms with Gasteiger partial charge in [-0.2, -0.15) is 0 Å². The van der Waals surface area contributed by atoms with Crippen molar-refractivity contribution in [3.8, 4) is 5.75 Å². The second kappa shape index (κ2) is 8.31. The molecule has 0 unspecified atom stereocenters.